The summed E-state index contributed by atoms with van der Waals surface area (Å²) in [6.45, 7) is 1.66. The zero-order chi connectivity index (χ0) is 17.9. The quantitative estimate of drug-likeness (QED) is 0.238. The number of H-pyrrole nitrogens is 1. The SMILES string of the molecule is O=C(NO)c1cc2cc(CNCCc3c[nH]c4ccccc34)ccc2s1. The average Bonchev–Trinajstić information content (AvgIpc) is 3.28. The molecule has 4 aromatic rings. The number of thiophene rings is 1. The number of amides is 1. The first kappa shape index (κ1) is 16.8. The van der Waals surface area contributed by atoms with Gasteiger partial charge in [0.05, 0.1) is 4.88 Å². The minimum absolute atomic E-state index is 0.468. The van der Waals surface area contributed by atoms with Gasteiger partial charge < -0.3 is 10.3 Å². The molecule has 0 bridgehead atoms. The summed E-state index contributed by atoms with van der Waals surface area (Å²) in [5.41, 5.74) is 5.35. The van der Waals surface area contributed by atoms with E-state index in [9.17, 15) is 4.79 Å². The zero-order valence-electron chi connectivity index (χ0n) is 14.1. The van der Waals surface area contributed by atoms with Crippen molar-refractivity contribution in [1.29, 1.82) is 0 Å². The van der Waals surface area contributed by atoms with Crippen LogP contribution in [0.25, 0.3) is 21.0 Å². The van der Waals surface area contributed by atoms with E-state index in [-0.39, 0.29) is 0 Å². The standard InChI is InChI=1S/C20H19N3O2S/c24-20(23-25)19-10-15-9-13(5-6-18(15)26-19)11-21-8-7-14-12-22-17-4-2-1-3-16(14)17/h1-6,9-10,12,21-22,25H,7-8,11H2,(H,23,24). The van der Waals surface area contributed by atoms with Crippen LogP contribution >= 0.6 is 11.3 Å². The average molecular weight is 365 g/mol. The third-order valence-electron chi connectivity index (χ3n) is 4.48. The summed E-state index contributed by atoms with van der Waals surface area (Å²) < 4.78 is 1.03. The van der Waals surface area contributed by atoms with Crippen LogP contribution in [0.3, 0.4) is 0 Å². The van der Waals surface area contributed by atoms with Gasteiger partial charge in [0.15, 0.2) is 0 Å². The largest absolute Gasteiger partial charge is 0.361 e. The van der Waals surface area contributed by atoms with Gasteiger partial charge in [0.2, 0.25) is 0 Å². The predicted molar refractivity (Wildman–Crippen MR) is 105 cm³/mol. The summed E-state index contributed by atoms with van der Waals surface area (Å²) in [5, 5.41) is 14.5. The summed E-state index contributed by atoms with van der Waals surface area (Å²) in [7, 11) is 0. The first-order valence-corrected chi connectivity index (χ1v) is 9.29. The number of carbonyl (C=O) groups is 1. The Morgan fingerprint density at radius 1 is 1.15 bits per heavy atom. The Hall–Kier alpha value is -2.67. The molecule has 0 radical (unpaired) electrons. The summed E-state index contributed by atoms with van der Waals surface area (Å²) in [4.78, 5) is 15.3. The highest BCUT2D eigenvalue weighted by molar-refractivity contribution is 7.20. The van der Waals surface area contributed by atoms with Crippen molar-refractivity contribution in [3.63, 3.8) is 0 Å². The van der Waals surface area contributed by atoms with Crippen molar-refractivity contribution in [2.45, 2.75) is 13.0 Å². The molecule has 0 atom stereocenters. The molecule has 132 valence electrons. The van der Waals surface area contributed by atoms with Gasteiger partial charge >= 0.3 is 0 Å². The van der Waals surface area contributed by atoms with Crippen LogP contribution in [-0.4, -0.2) is 22.6 Å². The monoisotopic (exact) mass is 365 g/mol. The fourth-order valence-corrected chi connectivity index (χ4v) is 4.10. The van der Waals surface area contributed by atoms with Gasteiger partial charge in [-0.3, -0.25) is 10.0 Å². The molecule has 0 aliphatic carbocycles. The Labute approximate surface area is 154 Å². The molecule has 2 heterocycles. The van der Waals surface area contributed by atoms with Crippen LogP contribution in [0.15, 0.2) is 54.7 Å². The minimum Gasteiger partial charge on any atom is -0.361 e. The van der Waals surface area contributed by atoms with Gasteiger partial charge in [-0.25, -0.2) is 5.48 Å². The van der Waals surface area contributed by atoms with Crippen LogP contribution in [0.4, 0.5) is 0 Å². The number of benzene rings is 2. The van der Waals surface area contributed by atoms with Gasteiger partial charge in [0, 0.05) is 28.3 Å². The van der Waals surface area contributed by atoms with Gasteiger partial charge in [-0.2, -0.15) is 0 Å². The van der Waals surface area contributed by atoms with E-state index < -0.39 is 5.91 Å². The summed E-state index contributed by atoms with van der Waals surface area (Å²) in [6.07, 6.45) is 3.04. The number of hydrogen-bond acceptors (Lipinski definition) is 4. The summed E-state index contributed by atoms with van der Waals surface area (Å²) in [5.74, 6) is -0.468. The van der Waals surface area contributed by atoms with Crippen LogP contribution < -0.4 is 10.8 Å². The Bertz CT molecular complexity index is 1070. The molecule has 0 aliphatic rings. The maximum Gasteiger partial charge on any atom is 0.284 e. The summed E-state index contributed by atoms with van der Waals surface area (Å²) in [6, 6.07) is 16.3. The van der Waals surface area contributed by atoms with Crippen molar-refractivity contribution in [3.8, 4) is 0 Å². The maximum absolute atomic E-state index is 11.5. The highest BCUT2D eigenvalue weighted by Crippen LogP contribution is 2.26. The molecular weight excluding hydrogens is 346 g/mol. The lowest BCUT2D eigenvalue weighted by atomic mass is 10.1. The lowest BCUT2D eigenvalue weighted by molar-refractivity contribution is 0.0711. The number of aromatic amines is 1. The summed E-state index contributed by atoms with van der Waals surface area (Å²) >= 11 is 1.37. The van der Waals surface area contributed by atoms with Crippen LogP contribution in [0.5, 0.6) is 0 Å². The molecule has 0 saturated heterocycles. The fraction of sp³-hybridized carbons (Fsp3) is 0.150. The second-order valence-electron chi connectivity index (χ2n) is 6.21. The normalized spacial score (nSPS) is 11.3. The Morgan fingerprint density at radius 2 is 2.04 bits per heavy atom. The number of carbonyl (C=O) groups excluding carboxylic acids is 1. The number of nitrogens with one attached hydrogen (secondary N) is 3. The minimum atomic E-state index is -0.468. The number of fused-ring (bicyclic) bond motifs is 2. The maximum atomic E-state index is 11.5. The fourth-order valence-electron chi connectivity index (χ4n) is 3.16. The van der Waals surface area contributed by atoms with Crippen LogP contribution in [-0.2, 0) is 13.0 Å². The van der Waals surface area contributed by atoms with Crippen molar-refractivity contribution in [2.75, 3.05) is 6.54 Å². The molecule has 0 spiro atoms. The van der Waals surface area contributed by atoms with E-state index in [4.69, 9.17) is 5.21 Å². The van der Waals surface area contributed by atoms with Crippen molar-refractivity contribution in [3.05, 3.63) is 70.7 Å². The van der Waals surface area contributed by atoms with Crippen LogP contribution in [0.2, 0.25) is 0 Å². The smallest absolute Gasteiger partial charge is 0.284 e. The van der Waals surface area contributed by atoms with Crippen molar-refractivity contribution < 1.29 is 10.0 Å². The highest BCUT2D eigenvalue weighted by atomic mass is 32.1. The Kier molecular flexibility index (Phi) is 4.71. The number of hydroxylamine groups is 1. The van der Waals surface area contributed by atoms with E-state index in [2.05, 4.69) is 46.8 Å². The first-order chi connectivity index (χ1) is 12.7. The van der Waals surface area contributed by atoms with Crippen molar-refractivity contribution in [2.24, 2.45) is 0 Å². The molecule has 0 saturated carbocycles. The third-order valence-corrected chi connectivity index (χ3v) is 5.60. The van der Waals surface area contributed by atoms with E-state index in [0.29, 0.717) is 4.88 Å². The van der Waals surface area contributed by atoms with Crippen LogP contribution in [0.1, 0.15) is 20.8 Å². The predicted octanol–water partition coefficient (Wildman–Crippen LogP) is 3.83. The molecule has 4 N–H and O–H groups in total. The molecule has 0 aliphatic heterocycles. The Morgan fingerprint density at radius 3 is 2.92 bits per heavy atom. The molecule has 2 aromatic carbocycles. The molecule has 0 unspecified atom stereocenters. The number of rotatable bonds is 6. The topological polar surface area (TPSA) is 77.2 Å². The van der Waals surface area contributed by atoms with E-state index >= 15 is 0 Å². The number of aromatic nitrogens is 1. The van der Waals surface area contributed by atoms with Crippen molar-refractivity contribution in [1.82, 2.24) is 15.8 Å². The van der Waals surface area contributed by atoms with Crippen LogP contribution in [0, 0.1) is 0 Å². The molecule has 26 heavy (non-hydrogen) atoms. The second kappa shape index (κ2) is 7.29. The van der Waals surface area contributed by atoms with E-state index in [0.717, 1.165) is 29.6 Å². The zero-order valence-corrected chi connectivity index (χ0v) is 14.9. The lowest BCUT2D eigenvalue weighted by Gasteiger charge is -2.05. The van der Waals surface area contributed by atoms with E-state index in [1.165, 1.54) is 33.4 Å². The van der Waals surface area contributed by atoms with Gasteiger partial charge in [-0.05, 0) is 53.7 Å². The van der Waals surface area contributed by atoms with Gasteiger partial charge in [0.1, 0.15) is 0 Å². The highest BCUT2D eigenvalue weighted by Gasteiger charge is 2.09. The second-order valence-corrected chi connectivity index (χ2v) is 7.29. The number of para-hydroxylation sites is 1. The molecule has 2 aromatic heterocycles. The lowest BCUT2D eigenvalue weighted by Crippen LogP contribution is -2.16. The molecular formula is C20H19N3O2S. The molecule has 4 rings (SSSR count). The van der Waals surface area contributed by atoms with Gasteiger partial charge in [0.25, 0.3) is 5.91 Å². The van der Waals surface area contributed by atoms with Gasteiger partial charge in [-0.15, -0.1) is 11.3 Å². The van der Waals surface area contributed by atoms with Gasteiger partial charge in [-0.1, -0.05) is 24.3 Å². The molecule has 5 nitrogen and oxygen atoms in total. The van der Waals surface area contributed by atoms with E-state index in [1.54, 1.807) is 11.5 Å². The number of hydrogen-bond donors (Lipinski definition) is 4. The first-order valence-electron chi connectivity index (χ1n) is 8.47. The molecule has 0 fully saturated rings. The third kappa shape index (κ3) is 3.35. The molecule has 6 heteroatoms. The Balaban J connectivity index is 1.37. The van der Waals surface area contributed by atoms with E-state index in [1.807, 2.05) is 12.1 Å². The molecule has 1 amide bonds. The van der Waals surface area contributed by atoms with Crippen molar-refractivity contribution >= 4 is 38.2 Å².